The van der Waals surface area contributed by atoms with E-state index in [0.717, 1.165) is 10.3 Å². The van der Waals surface area contributed by atoms with Gasteiger partial charge in [0.2, 0.25) is 0 Å². The number of hydrogen-bond acceptors (Lipinski definition) is 7. The molecule has 1 saturated heterocycles. The molecule has 2 heterocycles. The lowest BCUT2D eigenvalue weighted by Gasteiger charge is -2.25. The minimum atomic E-state index is -1.07. The number of aromatic nitrogens is 1. The highest BCUT2D eigenvalue weighted by Gasteiger charge is 2.49. The van der Waals surface area contributed by atoms with Gasteiger partial charge in [-0.15, -0.1) is 0 Å². The fourth-order valence-corrected chi connectivity index (χ4v) is 5.35. The van der Waals surface area contributed by atoms with Gasteiger partial charge in [-0.2, -0.15) is 0 Å². The quantitative estimate of drug-likeness (QED) is 0.223. The van der Waals surface area contributed by atoms with Crippen molar-refractivity contribution in [3.05, 3.63) is 88.7 Å². The summed E-state index contributed by atoms with van der Waals surface area (Å²) in [4.78, 5) is 32.7. The van der Waals surface area contributed by atoms with Gasteiger partial charge in [-0.1, -0.05) is 17.4 Å². The van der Waals surface area contributed by atoms with E-state index in [4.69, 9.17) is 9.47 Å². The minimum Gasteiger partial charge on any atom is -0.507 e. The summed E-state index contributed by atoms with van der Waals surface area (Å²) >= 11 is 1.26. The van der Waals surface area contributed by atoms with Gasteiger partial charge in [-0.3, -0.25) is 14.5 Å². The van der Waals surface area contributed by atoms with Crippen LogP contribution < -0.4 is 14.4 Å². The zero-order chi connectivity index (χ0) is 25.6. The van der Waals surface area contributed by atoms with Crippen molar-refractivity contribution in [1.82, 2.24) is 4.98 Å². The Morgan fingerprint density at radius 1 is 1.03 bits per heavy atom. The first-order chi connectivity index (χ1) is 17.3. The van der Waals surface area contributed by atoms with E-state index >= 15 is 0 Å². The van der Waals surface area contributed by atoms with Gasteiger partial charge in [0.25, 0.3) is 5.78 Å². The van der Waals surface area contributed by atoms with Gasteiger partial charge in [-0.05, 0) is 67.1 Å². The molecule has 1 atom stereocenters. The molecule has 1 aliphatic heterocycles. The van der Waals surface area contributed by atoms with E-state index < -0.39 is 29.3 Å². The Balaban J connectivity index is 1.78. The number of methoxy groups -OCH3 is 2. The number of aliphatic hydroxyl groups is 1. The normalized spacial score (nSPS) is 17.1. The number of halogens is 1. The summed E-state index contributed by atoms with van der Waals surface area (Å²) in [6, 6.07) is 14.7. The second-order valence-electron chi connectivity index (χ2n) is 8.25. The Morgan fingerprint density at radius 3 is 2.47 bits per heavy atom. The molecule has 0 aliphatic carbocycles. The van der Waals surface area contributed by atoms with Gasteiger partial charge in [0, 0.05) is 11.1 Å². The number of anilines is 1. The number of fused-ring (bicyclic) bond motifs is 1. The van der Waals surface area contributed by atoms with Crippen LogP contribution in [0.15, 0.2) is 66.2 Å². The minimum absolute atomic E-state index is 0.159. The smallest absolute Gasteiger partial charge is 0.301 e. The standard InChI is InChI=1S/C27H21FN2O5S/c1-14-4-10-19-21(12-14)36-27(29-19)30-23(18-13-17(34-2)9-11-20(18)35-3)22(25(32)26(30)33)24(31)15-5-7-16(28)8-6-15/h4-13,23,31H,1-3H3/b24-22+/t23-/m0/s1. The number of amides is 1. The second kappa shape index (κ2) is 9.09. The Kier molecular flexibility index (Phi) is 5.93. The number of Topliss-reactive ketones (excluding diaryl/α,β-unsaturated/α-hetero) is 1. The van der Waals surface area contributed by atoms with Gasteiger partial charge in [-0.25, -0.2) is 9.37 Å². The van der Waals surface area contributed by atoms with Crippen LogP contribution in [-0.2, 0) is 9.59 Å². The Labute approximate surface area is 210 Å². The van der Waals surface area contributed by atoms with E-state index in [1.165, 1.54) is 54.7 Å². The fraction of sp³-hybridized carbons (Fsp3) is 0.148. The van der Waals surface area contributed by atoms with Gasteiger partial charge in [0.05, 0.1) is 30.0 Å². The maximum absolute atomic E-state index is 13.5. The van der Waals surface area contributed by atoms with E-state index in [-0.39, 0.29) is 11.1 Å². The first-order valence-corrected chi connectivity index (χ1v) is 11.8. The van der Waals surface area contributed by atoms with E-state index in [0.29, 0.717) is 27.7 Å². The molecular formula is C27H21FN2O5S. The highest BCUT2D eigenvalue weighted by atomic mass is 32.1. The molecule has 4 aromatic rings. The zero-order valence-corrected chi connectivity index (χ0v) is 20.4. The maximum Gasteiger partial charge on any atom is 0.301 e. The van der Waals surface area contributed by atoms with Crippen LogP contribution in [0, 0.1) is 12.7 Å². The Bertz CT molecular complexity index is 1540. The van der Waals surface area contributed by atoms with Crippen molar-refractivity contribution in [2.45, 2.75) is 13.0 Å². The van der Waals surface area contributed by atoms with Crippen LogP contribution in [0.25, 0.3) is 16.0 Å². The number of carbonyl (C=O) groups excluding carboxylic acids is 2. The van der Waals surface area contributed by atoms with Gasteiger partial charge in [0.1, 0.15) is 29.1 Å². The molecule has 5 rings (SSSR count). The van der Waals surface area contributed by atoms with Crippen LogP contribution in [0.3, 0.4) is 0 Å². The van der Waals surface area contributed by atoms with E-state index in [1.807, 2.05) is 25.1 Å². The van der Waals surface area contributed by atoms with Crippen molar-refractivity contribution in [3.63, 3.8) is 0 Å². The van der Waals surface area contributed by atoms with Crippen LogP contribution in [0.4, 0.5) is 9.52 Å². The summed E-state index contributed by atoms with van der Waals surface area (Å²) in [7, 11) is 2.97. The number of ketones is 1. The van der Waals surface area contributed by atoms with Crippen LogP contribution >= 0.6 is 11.3 Å². The SMILES string of the molecule is COc1ccc(OC)c([C@H]2/C(=C(\O)c3ccc(F)cc3)C(=O)C(=O)N2c2nc3ccc(C)cc3s2)c1. The largest absolute Gasteiger partial charge is 0.507 e. The topological polar surface area (TPSA) is 89.0 Å². The number of aryl methyl sites for hydroxylation is 1. The van der Waals surface area contributed by atoms with E-state index in [9.17, 15) is 19.1 Å². The van der Waals surface area contributed by atoms with Crippen molar-refractivity contribution in [2.75, 3.05) is 19.1 Å². The average molecular weight is 505 g/mol. The van der Waals surface area contributed by atoms with Crippen molar-refractivity contribution in [2.24, 2.45) is 0 Å². The molecule has 36 heavy (non-hydrogen) atoms. The van der Waals surface area contributed by atoms with Gasteiger partial charge in [0.15, 0.2) is 5.13 Å². The molecule has 182 valence electrons. The van der Waals surface area contributed by atoms with Crippen molar-refractivity contribution in [3.8, 4) is 11.5 Å². The van der Waals surface area contributed by atoms with Crippen LogP contribution in [0.1, 0.15) is 22.7 Å². The third kappa shape index (κ3) is 3.87. The molecule has 1 aliphatic rings. The van der Waals surface area contributed by atoms with Crippen molar-refractivity contribution >= 4 is 44.1 Å². The molecule has 1 fully saturated rings. The second-order valence-corrected chi connectivity index (χ2v) is 9.26. The van der Waals surface area contributed by atoms with Crippen molar-refractivity contribution in [1.29, 1.82) is 0 Å². The molecule has 0 saturated carbocycles. The average Bonchev–Trinajstić information content (AvgIpc) is 3.41. The third-order valence-electron chi connectivity index (χ3n) is 6.03. The number of aliphatic hydroxyl groups excluding tert-OH is 1. The van der Waals surface area contributed by atoms with Crippen LogP contribution in [0.5, 0.6) is 11.5 Å². The number of benzene rings is 3. The summed E-state index contributed by atoms with van der Waals surface area (Å²) in [5.74, 6) is -1.80. The van der Waals surface area contributed by atoms with Gasteiger partial charge >= 0.3 is 5.91 Å². The van der Waals surface area contributed by atoms with E-state index in [1.54, 1.807) is 18.2 Å². The zero-order valence-electron chi connectivity index (χ0n) is 19.6. The molecule has 1 amide bonds. The van der Waals surface area contributed by atoms with E-state index in [2.05, 4.69) is 4.98 Å². The highest BCUT2D eigenvalue weighted by Crippen LogP contribution is 2.47. The molecule has 0 spiro atoms. The summed E-state index contributed by atoms with van der Waals surface area (Å²) < 4.78 is 25.3. The number of ether oxygens (including phenoxy) is 2. The van der Waals surface area contributed by atoms with Crippen LogP contribution in [0.2, 0.25) is 0 Å². The number of carbonyl (C=O) groups is 2. The number of hydrogen-bond donors (Lipinski definition) is 1. The summed E-state index contributed by atoms with van der Waals surface area (Å²) in [5.41, 5.74) is 2.17. The number of rotatable bonds is 5. The third-order valence-corrected chi connectivity index (χ3v) is 7.05. The molecule has 3 aromatic carbocycles. The molecule has 0 bridgehead atoms. The predicted octanol–water partition coefficient (Wildman–Crippen LogP) is 5.39. The lowest BCUT2D eigenvalue weighted by atomic mass is 9.94. The first-order valence-electron chi connectivity index (χ1n) is 11.0. The number of nitrogens with zero attached hydrogens (tertiary/aromatic N) is 2. The van der Waals surface area contributed by atoms with Gasteiger partial charge < -0.3 is 14.6 Å². The highest BCUT2D eigenvalue weighted by molar-refractivity contribution is 7.22. The monoisotopic (exact) mass is 504 g/mol. The van der Waals surface area contributed by atoms with Crippen molar-refractivity contribution < 1.29 is 28.6 Å². The molecule has 1 N–H and O–H groups in total. The molecule has 7 nitrogen and oxygen atoms in total. The molecule has 0 radical (unpaired) electrons. The molecule has 1 aromatic heterocycles. The summed E-state index contributed by atoms with van der Waals surface area (Å²) in [5, 5.41) is 11.5. The maximum atomic E-state index is 13.5. The predicted molar refractivity (Wildman–Crippen MR) is 135 cm³/mol. The first kappa shape index (κ1) is 23.5. The number of thiazole rings is 1. The molecular weight excluding hydrogens is 483 g/mol. The Hall–Kier alpha value is -4.24. The lowest BCUT2D eigenvalue weighted by Crippen LogP contribution is -2.29. The van der Waals surface area contributed by atoms with Crippen LogP contribution in [-0.4, -0.2) is 36.0 Å². The molecule has 0 unspecified atom stereocenters. The lowest BCUT2D eigenvalue weighted by molar-refractivity contribution is -0.132. The summed E-state index contributed by atoms with van der Waals surface area (Å²) in [6.07, 6.45) is 0. The summed E-state index contributed by atoms with van der Waals surface area (Å²) in [6.45, 7) is 1.95. The fourth-order valence-electron chi connectivity index (χ4n) is 4.26. The molecule has 9 heteroatoms. The Morgan fingerprint density at radius 2 is 1.78 bits per heavy atom.